The smallest absolute Gasteiger partial charge is 0.317 e. The molecule has 0 aromatic carbocycles. The minimum atomic E-state index is -3.04. The van der Waals surface area contributed by atoms with Crippen LogP contribution in [0, 0.1) is 5.92 Å². The number of amides is 2. The molecule has 2 unspecified atom stereocenters. The summed E-state index contributed by atoms with van der Waals surface area (Å²) < 4.78 is 23.0. The molecule has 2 atom stereocenters. The Bertz CT molecular complexity index is 504. The number of nitrogens with zero attached hydrogens (tertiary/aromatic N) is 2. The van der Waals surface area contributed by atoms with Gasteiger partial charge in [0, 0.05) is 38.5 Å². The second-order valence-corrected chi connectivity index (χ2v) is 9.08. The van der Waals surface area contributed by atoms with Gasteiger partial charge in [-0.1, -0.05) is 0 Å². The zero-order valence-electron chi connectivity index (χ0n) is 12.6. The maximum Gasteiger partial charge on any atom is 0.317 e. The number of hydrogen-bond acceptors (Lipinski definition) is 4. The van der Waals surface area contributed by atoms with Crippen LogP contribution in [0.4, 0.5) is 4.79 Å². The van der Waals surface area contributed by atoms with Crippen LogP contribution in [0.5, 0.6) is 0 Å². The average Bonchev–Trinajstić information content (AvgIpc) is 2.97. The van der Waals surface area contributed by atoms with Crippen molar-refractivity contribution in [2.24, 2.45) is 5.92 Å². The van der Waals surface area contributed by atoms with Crippen LogP contribution in [-0.2, 0) is 9.84 Å². The summed E-state index contributed by atoms with van der Waals surface area (Å²) in [5, 5.41) is 2.60. The molecule has 2 aliphatic heterocycles. The molecule has 0 aromatic rings. The van der Waals surface area contributed by atoms with E-state index < -0.39 is 9.84 Å². The van der Waals surface area contributed by atoms with Crippen LogP contribution < -0.4 is 5.32 Å². The lowest BCUT2D eigenvalue weighted by Crippen LogP contribution is -2.41. The molecule has 2 saturated heterocycles. The number of carbonyl (C=O) groups is 1. The highest BCUT2D eigenvalue weighted by Gasteiger charge is 2.35. The molecule has 1 saturated carbocycles. The molecule has 120 valence electrons. The zero-order chi connectivity index (χ0) is 15.0. The van der Waals surface area contributed by atoms with Crippen LogP contribution in [0.2, 0.25) is 0 Å². The minimum Gasteiger partial charge on any atom is -0.338 e. The first-order valence-corrected chi connectivity index (χ1v) is 9.84. The van der Waals surface area contributed by atoms with Gasteiger partial charge in [-0.25, -0.2) is 13.2 Å². The maximum absolute atomic E-state index is 12.1. The van der Waals surface area contributed by atoms with E-state index in [9.17, 15) is 13.2 Å². The first-order chi connectivity index (χ1) is 9.93. The van der Waals surface area contributed by atoms with E-state index in [0.29, 0.717) is 32.0 Å². The number of likely N-dealkylation sites (tertiary alicyclic amines) is 2. The predicted octanol–water partition coefficient (Wildman–Crippen LogP) is 0.299. The molecular weight excluding hydrogens is 290 g/mol. The fourth-order valence-corrected chi connectivity index (χ4v) is 4.39. The fourth-order valence-electron chi connectivity index (χ4n) is 3.41. The summed E-state index contributed by atoms with van der Waals surface area (Å²) in [7, 11) is -3.04. The van der Waals surface area contributed by atoms with Crippen LogP contribution in [-0.4, -0.2) is 74.5 Å². The Kier molecular flexibility index (Phi) is 4.14. The lowest BCUT2D eigenvalue weighted by molar-refractivity contribution is 0.206. The van der Waals surface area contributed by atoms with Crippen LogP contribution in [0.1, 0.15) is 25.7 Å². The number of sulfone groups is 1. The molecule has 2 amide bonds. The van der Waals surface area contributed by atoms with Gasteiger partial charge in [0.15, 0.2) is 9.84 Å². The van der Waals surface area contributed by atoms with Crippen molar-refractivity contribution in [1.82, 2.24) is 15.1 Å². The number of hydrogen-bond donors (Lipinski definition) is 1. The summed E-state index contributed by atoms with van der Waals surface area (Å²) in [4.78, 5) is 16.3. The standard InChI is InChI=1S/C14H25N3O3S/c1-21(19,20)13-5-7-17(10-13)14(18)15-8-11-4-6-16(9-11)12-2-3-12/h11-13H,2-10H2,1H3,(H,15,18). The molecule has 0 bridgehead atoms. The van der Waals surface area contributed by atoms with Gasteiger partial charge in [-0.05, 0) is 38.1 Å². The van der Waals surface area contributed by atoms with E-state index in [-0.39, 0.29) is 11.3 Å². The van der Waals surface area contributed by atoms with E-state index in [0.717, 1.165) is 25.6 Å². The normalized spacial score (nSPS) is 30.8. The van der Waals surface area contributed by atoms with Crippen LogP contribution in [0.25, 0.3) is 0 Å². The third-order valence-corrected chi connectivity index (χ3v) is 6.56. The molecule has 6 nitrogen and oxygen atoms in total. The van der Waals surface area contributed by atoms with Gasteiger partial charge in [-0.3, -0.25) is 0 Å². The van der Waals surface area contributed by atoms with Crippen molar-refractivity contribution >= 4 is 15.9 Å². The Hall–Kier alpha value is -0.820. The Morgan fingerprint density at radius 2 is 1.90 bits per heavy atom. The molecule has 0 radical (unpaired) electrons. The second kappa shape index (κ2) is 5.76. The van der Waals surface area contributed by atoms with Crippen molar-refractivity contribution in [3.8, 4) is 0 Å². The fraction of sp³-hybridized carbons (Fsp3) is 0.929. The first-order valence-electron chi connectivity index (χ1n) is 7.89. The van der Waals surface area contributed by atoms with E-state index in [1.165, 1.54) is 19.1 Å². The summed E-state index contributed by atoms with van der Waals surface area (Å²) in [6.07, 6.45) is 5.64. The Labute approximate surface area is 126 Å². The van der Waals surface area contributed by atoms with E-state index >= 15 is 0 Å². The molecule has 7 heteroatoms. The van der Waals surface area contributed by atoms with Crippen molar-refractivity contribution in [2.75, 3.05) is 39.0 Å². The average molecular weight is 315 g/mol. The summed E-state index contributed by atoms with van der Waals surface area (Å²) in [6.45, 7) is 3.84. The van der Waals surface area contributed by atoms with Gasteiger partial charge < -0.3 is 15.1 Å². The molecule has 2 heterocycles. The Morgan fingerprint density at radius 1 is 1.14 bits per heavy atom. The topological polar surface area (TPSA) is 69.7 Å². The van der Waals surface area contributed by atoms with Crippen molar-refractivity contribution < 1.29 is 13.2 Å². The van der Waals surface area contributed by atoms with Gasteiger partial charge >= 0.3 is 6.03 Å². The third-order valence-electron chi connectivity index (χ3n) is 4.96. The first kappa shape index (κ1) is 15.1. The highest BCUT2D eigenvalue weighted by molar-refractivity contribution is 7.91. The molecule has 3 rings (SSSR count). The molecule has 21 heavy (non-hydrogen) atoms. The van der Waals surface area contributed by atoms with Crippen molar-refractivity contribution in [2.45, 2.75) is 37.0 Å². The van der Waals surface area contributed by atoms with Crippen molar-refractivity contribution in [3.05, 3.63) is 0 Å². The van der Waals surface area contributed by atoms with Gasteiger partial charge in [0.25, 0.3) is 0 Å². The lowest BCUT2D eigenvalue weighted by Gasteiger charge is -2.19. The van der Waals surface area contributed by atoms with Gasteiger partial charge in [-0.2, -0.15) is 0 Å². The summed E-state index contributed by atoms with van der Waals surface area (Å²) in [5.41, 5.74) is 0. The number of carbonyl (C=O) groups excluding carboxylic acids is 1. The van der Waals surface area contributed by atoms with E-state index in [4.69, 9.17) is 0 Å². The summed E-state index contributed by atoms with van der Waals surface area (Å²) >= 11 is 0. The lowest BCUT2D eigenvalue weighted by atomic mass is 10.1. The Balaban J connectivity index is 1.41. The van der Waals surface area contributed by atoms with Gasteiger partial charge in [0.05, 0.1) is 5.25 Å². The molecule has 3 fully saturated rings. The van der Waals surface area contributed by atoms with Crippen molar-refractivity contribution in [1.29, 1.82) is 0 Å². The summed E-state index contributed by atoms with van der Waals surface area (Å²) in [5.74, 6) is 0.544. The monoisotopic (exact) mass is 315 g/mol. The third kappa shape index (κ3) is 3.69. The number of nitrogens with one attached hydrogen (secondary N) is 1. The van der Waals surface area contributed by atoms with E-state index in [2.05, 4.69) is 10.2 Å². The van der Waals surface area contributed by atoms with Gasteiger partial charge in [0.1, 0.15) is 0 Å². The van der Waals surface area contributed by atoms with Crippen LogP contribution in [0.15, 0.2) is 0 Å². The molecule has 1 N–H and O–H groups in total. The van der Waals surface area contributed by atoms with Crippen LogP contribution in [0.3, 0.4) is 0 Å². The molecule has 1 aliphatic carbocycles. The largest absolute Gasteiger partial charge is 0.338 e. The van der Waals surface area contributed by atoms with Gasteiger partial charge in [0.2, 0.25) is 0 Å². The minimum absolute atomic E-state index is 0.106. The Morgan fingerprint density at radius 3 is 2.52 bits per heavy atom. The molecule has 0 aromatic heterocycles. The zero-order valence-corrected chi connectivity index (χ0v) is 13.4. The highest BCUT2D eigenvalue weighted by atomic mass is 32.2. The molecular formula is C14H25N3O3S. The molecule has 3 aliphatic rings. The summed E-state index contributed by atoms with van der Waals surface area (Å²) in [6, 6.07) is 0.700. The SMILES string of the molecule is CS(=O)(=O)C1CCN(C(=O)NCC2CCN(C3CC3)C2)C1. The second-order valence-electron chi connectivity index (χ2n) is 6.75. The van der Waals surface area contributed by atoms with Crippen LogP contribution >= 0.6 is 0 Å². The maximum atomic E-state index is 12.1. The molecule has 0 spiro atoms. The van der Waals surface area contributed by atoms with Crippen molar-refractivity contribution in [3.63, 3.8) is 0 Å². The van der Waals surface area contributed by atoms with E-state index in [1.54, 1.807) is 4.90 Å². The van der Waals surface area contributed by atoms with E-state index in [1.807, 2.05) is 0 Å². The number of urea groups is 1. The highest BCUT2D eigenvalue weighted by Crippen LogP contribution is 2.31. The number of rotatable bonds is 4. The quantitative estimate of drug-likeness (QED) is 0.810. The van der Waals surface area contributed by atoms with Gasteiger partial charge in [-0.15, -0.1) is 0 Å². The predicted molar refractivity (Wildman–Crippen MR) is 80.9 cm³/mol.